The molecule has 1 aromatic heterocycles. The zero-order chi connectivity index (χ0) is 17.5. The Bertz CT molecular complexity index is 584. The molecular formula is C14H18BF3N2O3. The molecule has 1 aliphatic heterocycles. The number of hydrogen-bond donors (Lipinski definition) is 1. The van der Waals surface area contributed by atoms with Gasteiger partial charge in [-0.25, -0.2) is 9.97 Å². The number of rotatable bonds is 3. The third kappa shape index (κ3) is 3.73. The number of alkyl halides is 3. The van der Waals surface area contributed by atoms with E-state index in [4.69, 9.17) is 9.31 Å². The minimum atomic E-state index is -4.59. The van der Waals surface area contributed by atoms with Crippen LogP contribution in [0.1, 0.15) is 39.1 Å². The minimum absolute atomic E-state index is 0.316. The lowest BCUT2D eigenvalue weighted by Gasteiger charge is -2.32. The molecule has 0 saturated carbocycles. The van der Waals surface area contributed by atoms with Gasteiger partial charge in [-0.1, -0.05) is 6.08 Å². The zero-order valence-corrected chi connectivity index (χ0v) is 13.3. The average Bonchev–Trinajstić information content (AvgIpc) is 2.64. The minimum Gasteiger partial charge on any atom is -0.400 e. The third-order valence-corrected chi connectivity index (χ3v) is 4.02. The molecule has 1 fully saturated rings. The summed E-state index contributed by atoms with van der Waals surface area (Å²) in [5.74, 6) is -1.21. The largest absolute Gasteiger partial charge is 0.492 e. The first kappa shape index (κ1) is 17.9. The second kappa shape index (κ2) is 5.88. The molecule has 5 nitrogen and oxygen atoms in total. The van der Waals surface area contributed by atoms with Gasteiger partial charge in [0.05, 0.1) is 17.8 Å². The Morgan fingerprint density at radius 3 is 2.04 bits per heavy atom. The van der Waals surface area contributed by atoms with Gasteiger partial charge >= 0.3 is 13.3 Å². The van der Waals surface area contributed by atoms with Crippen molar-refractivity contribution in [2.45, 2.75) is 45.1 Å². The topological polar surface area (TPSA) is 64.5 Å². The Kier molecular flexibility index (Phi) is 4.58. The van der Waals surface area contributed by atoms with Gasteiger partial charge in [0, 0.05) is 18.0 Å². The molecule has 1 aliphatic rings. The van der Waals surface area contributed by atoms with E-state index in [1.807, 2.05) is 27.7 Å². The van der Waals surface area contributed by atoms with E-state index in [2.05, 4.69) is 9.97 Å². The van der Waals surface area contributed by atoms with Gasteiger partial charge in [0.1, 0.15) is 0 Å². The molecule has 0 radical (unpaired) electrons. The molecule has 2 heterocycles. The van der Waals surface area contributed by atoms with Crippen molar-refractivity contribution in [1.29, 1.82) is 0 Å². The Morgan fingerprint density at radius 2 is 1.65 bits per heavy atom. The van der Waals surface area contributed by atoms with Crippen molar-refractivity contribution in [3.8, 4) is 0 Å². The smallest absolute Gasteiger partial charge is 0.400 e. The van der Waals surface area contributed by atoms with Crippen LogP contribution in [0.4, 0.5) is 13.2 Å². The quantitative estimate of drug-likeness (QED) is 0.863. The number of aromatic nitrogens is 2. The second-order valence-corrected chi connectivity index (χ2v) is 6.30. The van der Waals surface area contributed by atoms with Gasteiger partial charge in [-0.05, 0) is 33.2 Å². The van der Waals surface area contributed by atoms with Crippen LogP contribution in [0.5, 0.6) is 0 Å². The van der Waals surface area contributed by atoms with Crippen LogP contribution in [0, 0.1) is 0 Å². The highest BCUT2D eigenvalue weighted by molar-refractivity contribution is 6.55. The molecule has 0 aliphatic carbocycles. The first-order valence-electron chi connectivity index (χ1n) is 7.02. The van der Waals surface area contributed by atoms with Crippen LogP contribution >= 0.6 is 0 Å². The summed E-state index contributed by atoms with van der Waals surface area (Å²) in [7, 11) is -0.785. The fourth-order valence-corrected chi connectivity index (χ4v) is 1.96. The molecule has 1 aromatic rings. The van der Waals surface area contributed by atoms with E-state index < -0.39 is 30.3 Å². The van der Waals surface area contributed by atoms with Crippen molar-refractivity contribution in [1.82, 2.24) is 9.97 Å². The lowest BCUT2D eigenvalue weighted by atomic mass is 9.78. The molecule has 0 spiro atoms. The van der Waals surface area contributed by atoms with Crippen molar-refractivity contribution in [2.75, 3.05) is 6.61 Å². The van der Waals surface area contributed by atoms with E-state index in [9.17, 15) is 18.3 Å². The Labute approximate surface area is 132 Å². The highest BCUT2D eigenvalue weighted by Gasteiger charge is 2.52. The number of halogens is 3. The first-order chi connectivity index (χ1) is 10.5. The molecule has 0 unspecified atom stereocenters. The first-order valence-corrected chi connectivity index (χ1v) is 7.02. The molecular weight excluding hydrogens is 312 g/mol. The third-order valence-electron chi connectivity index (χ3n) is 4.02. The standard InChI is InChI=1S/C14H18BF3N2O3/c1-12(2)13(3,4)23-15(22-12)10(8-21)5-9-6-19-11(20-7-9)14(16,17)18/h5-7,21H,8H2,1-4H3. The van der Waals surface area contributed by atoms with Gasteiger partial charge in [0.2, 0.25) is 5.82 Å². The van der Waals surface area contributed by atoms with Crippen molar-refractivity contribution >= 4 is 13.2 Å². The zero-order valence-electron chi connectivity index (χ0n) is 13.3. The second-order valence-electron chi connectivity index (χ2n) is 6.30. The number of aliphatic hydroxyl groups is 1. The number of hydrogen-bond acceptors (Lipinski definition) is 5. The van der Waals surface area contributed by atoms with E-state index >= 15 is 0 Å². The molecule has 0 atom stereocenters. The molecule has 2 rings (SSSR count). The highest BCUT2D eigenvalue weighted by Crippen LogP contribution is 2.38. The summed E-state index contributed by atoms with van der Waals surface area (Å²) >= 11 is 0. The van der Waals surface area contributed by atoms with Crippen LogP contribution in [0.2, 0.25) is 0 Å². The van der Waals surface area contributed by atoms with E-state index in [0.29, 0.717) is 11.0 Å². The van der Waals surface area contributed by atoms with Gasteiger partial charge in [-0.2, -0.15) is 13.2 Å². The summed E-state index contributed by atoms with van der Waals surface area (Å²) in [6, 6.07) is 0. The van der Waals surface area contributed by atoms with Crippen molar-refractivity contribution in [3.63, 3.8) is 0 Å². The van der Waals surface area contributed by atoms with Crippen molar-refractivity contribution in [2.24, 2.45) is 0 Å². The molecule has 0 amide bonds. The maximum Gasteiger partial charge on any atom is 0.492 e. The average molecular weight is 330 g/mol. The van der Waals surface area contributed by atoms with Gasteiger partial charge in [0.15, 0.2) is 0 Å². The van der Waals surface area contributed by atoms with Crippen LogP contribution < -0.4 is 0 Å². The lowest BCUT2D eigenvalue weighted by Crippen LogP contribution is -2.41. The molecule has 1 saturated heterocycles. The van der Waals surface area contributed by atoms with Gasteiger partial charge < -0.3 is 14.4 Å². The van der Waals surface area contributed by atoms with Crippen LogP contribution in [-0.4, -0.2) is 40.0 Å². The fourth-order valence-electron chi connectivity index (χ4n) is 1.96. The molecule has 1 N–H and O–H groups in total. The maximum absolute atomic E-state index is 12.4. The summed E-state index contributed by atoms with van der Waals surface area (Å²) in [6.45, 7) is 7.09. The van der Waals surface area contributed by atoms with Crippen molar-refractivity contribution in [3.05, 3.63) is 29.3 Å². The van der Waals surface area contributed by atoms with Gasteiger partial charge in [-0.15, -0.1) is 0 Å². The van der Waals surface area contributed by atoms with Crippen LogP contribution in [-0.2, 0) is 15.5 Å². The molecule has 0 bridgehead atoms. The number of nitrogens with zero attached hydrogens (tertiary/aromatic N) is 2. The predicted octanol–water partition coefficient (Wildman–Crippen LogP) is 2.50. The van der Waals surface area contributed by atoms with Crippen LogP contribution in [0.3, 0.4) is 0 Å². The molecule has 23 heavy (non-hydrogen) atoms. The Hall–Kier alpha value is -1.45. The number of aliphatic hydroxyl groups excluding tert-OH is 1. The molecule has 0 aromatic carbocycles. The summed E-state index contributed by atoms with van der Waals surface area (Å²) in [5.41, 5.74) is -0.464. The summed E-state index contributed by atoms with van der Waals surface area (Å²) < 4.78 is 48.9. The van der Waals surface area contributed by atoms with Crippen LogP contribution in [0.15, 0.2) is 17.9 Å². The van der Waals surface area contributed by atoms with E-state index in [-0.39, 0.29) is 6.61 Å². The Morgan fingerprint density at radius 1 is 1.17 bits per heavy atom. The van der Waals surface area contributed by atoms with Crippen molar-refractivity contribution < 1.29 is 27.6 Å². The maximum atomic E-state index is 12.4. The van der Waals surface area contributed by atoms with Gasteiger partial charge in [-0.3, -0.25) is 0 Å². The summed E-state index contributed by atoms with van der Waals surface area (Å²) in [5, 5.41) is 9.52. The monoisotopic (exact) mass is 330 g/mol. The van der Waals surface area contributed by atoms with E-state index in [1.165, 1.54) is 6.08 Å². The molecule has 126 valence electrons. The van der Waals surface area contributed by atoms with Gasteiger partial charge in [0.25, 0.3) is 0 Å². The summed E-state index contributed by atoms with van der Waals surface area (Å²) in [6.07, 6.45) is -1.05. The lowest BCUT2D eigenvalue weighted by molar-refractivity contribution is -0.145. The van der Waals surface area contributed by atoms with E-state index in [1.54, 1.807) is 0 Å². The normalized spacial score (nSPS) is 20.9. The van der Waals surface area contributed by atoms with Crippen LogP contribution in [0.25, 0.3) is 6.08 Å². The predicted molar refractivity (Wildman–Crippen MR) is 78.2 cm³/mol. The Balaban J connectivity index is 2.23. The molecule has 9 heteroatoms. The SMILES string of the molecule is CC1(C)OB(C(=Cc2cnc(C(F)(F)F)nc2)CO)OC1(C)C. The van der Waals surface area contributed by atoms with E-state index in [0.717, 1.165) is 12.4 Å². The fraction of sp³-hybridized carbons (Fsp3) is 0.571. The summed E-state index contributed by atoms with van der Waals surface area (Å²) in [4.78, 5) is 6.55. The highest BCUT2D eigenvalue weighted by atomic mass is 19.4.